The maximum atomic E-state index is 12.5. The van der Waals surface area contributed by atoms with Gasteiger partial charge in [0.15, 0.2) is 0 Å². The molecule has 20 heavy (non-hydrogen) atoms. The molecule has 0 spiro atoms. The van der Waals surface area contributed by atoms with Crippen LogP contribution in [0.2, 0.25) is 0 Å². The molecule has 0 atom stereocenters. The van der Waals surface area contributed by atoms with Crippen LogP contribution in [-0.2, 0) is 0 Å². The number of carbonyl (C=O) groups is 1. The predicted octanol–water partition coefficient (Wildman–Crippen LogP) is 4.21. The van der Waals surface area contributed by atoms with E-state index in [1.165, 1.54) is 0 Å². The number of rotatable bonds is 5. The summed E-state index contributed by atoms with van der Waals surface area (Å²) < 4.78 is 37.4. The zero-order chi connectivity index (χ0) is 15.3. The minimum Gasteiger partial charge on any atom is -0.329 e. The summed E-state index contributed by atoms with van der Waals surface area (Å²) in [6.45, 7) is 2.81. The van der Waals surface area contributed by atoms with Crippen molar-refractivity contribution in [2.75, 3.05) is 18.4 Å². The van der Waals surface area contributed by atoms with Crippen molar-refractivity contribution in [3.8, 4) is 0 Å². The van der Waals surface area contributed by atoms with Gasteiger partial charge in [-0.3, -0.25) is 4.79 Å². The van der Waals surface area contributed by atoms with Gasteiger partial charge in [0.25, 0.3) is 5.91 Å². The van der Waals surface area contributed by atoms with Gasteiger partial charge in [-0.1, -0.05) is 41.9 Å². The Kier molecular flexibility index (Phi) is 6.05. The van der Waals surface area contributed by atoms with Crippen LogP contribution in [0, 0.1) is 0 Å². The zero-order valence-corrected chi connectivity index (χ0v) is 13.0. The van der Waals surface area contributed by atoms with Crippen molar-refractivity contribution in [1.82, 2.24) is 4.90 Å². The molecule has 112 valence electrons. The lowest BCUT2D eigenvalue weighted by Gasteiger charge is -2.23. The molecule has 0 saturated carbocycles. The van der Waals surface area contributed by atoms with E-state index in [0.29, 0.717) is 11.2 Å². The second kappa shape index (κ2) is 7.11. The van der Waals surface area contributed by atoms with Gasteiger partial charge in [-0.15, -0.1) is 0 Å². The molecule has 0 aliphatic heterocycles. The normalized spacial score (nSPS) is 11.8. The first-order valence-electron chi connectivity index (χ1n) is 6.26. The Balaban J connectivity index is 2.88. The van der Waals surface area contributed by atoms with Crippen LogP contribution < -0.4 is 0 Å². The number of amides is 1. The molecule has 0 saturated heterocycles. The number of alkyl halides is 4. The van der Waals surface area contributed by atoms with Crippen LogP contribution in [0.1, 0.15) is 35.7 Å². The summed E-state index contributed by atoms with van der Waals surface area (Å²) in [5.41, 5.74) is 1.32. The molecule has 0 heterocycles. The van der Waals surface area contributed by atoms with Crippen LogP contribution in [0.3, 0.4) is 0 Å². The number of carbonyl (C=O) groups excluding carboxylic acids is 1. The van der Waals surface area contributed by atoms with Gasteiger partial charge >= 0.3 is 6.18 Å². The second-order valence-electron chi connectivity index (χ2n) is 4.81. The van der Waals surface area contributed by atoms with Crippen molar-refractivity contribution < 1.29 is 18.0 Å². The Hall–Kier alpha value is -1.04. The van der Waals surface area contributed by atoms with Crippen molar-refractivity contribution in [3.05, 3.63) is 35.4 Å². The third-order valence-electron chi connectivity index (χ3n) is 2.84. The van der Waals surface area contributed by atoms with E-state index in [9.17, 15) is 18.0 Å². The number of halogens is 4. The third kappa shape index (κ3) is 5.15. The SMILES string of the molecule is CC(C)c1ccc(C(=O)N(CCBr)CC(F)(F)F)cc1. The molecule has 6 heteroatoms. The van der Waals surface area contributed by atoms with Gasteiger partial charge in [-0.05, 0) is 23.6 Å². The fourth-order valence-electron chi connectivity index (χ4n) is 1.76. The van der Waals surface area contributed by atoms with E-state index in [2.05, 4.69) is 15.9 Å². The molecule has 0 radical (unpaired) electrons. The van der Waals surface area contributed by atoms with E-state index in [1.54, 1.807) is 24.3 Å². The largest absolute Gasteiger partial charge is 0.406 e. The van der Waals surface area contributed by atoms with E-state index in [1.807, 2.05) is 13.8 Å². The number of benzene rings is 1. The fourth-order valence-corrected chi connectivity index (χ4v) is 2.19. The van der Waals surface area contributed by atoms with Gasteiger partial charge in [-0.25, -0.2) is 0 Å². The lowest BCUT2D eigenvalue weighted by Crippen LogP contribution is -2.40. The van der Waals surface area contributed by atoms with Gasteiger partial charge in [0, 0.05) is 17.4 Å². The highest BCUT2D eigenvalue weighted by Gasteiger charge is 2.33. The average molecular weight is 352 g/mol. The van der Waals surface area contributed by atoms with Crippen molar-refractivity contribution >= 4 is 21.8 Å². The Labute approximate surface area is 125 Å². The molecular weight excluding hydrogens is 335 g/mol. The highest BCUT2D eigenvalue weighted by Crippen LogP contribution is 2.20. The summed E-state index contributed by atoms with van der Waals surface area (Å²) in [5, 5.41) is 0.304. The van der Waals surface area contributed by atoms with Gasteiger partial charge in [-0.2, -0.15) is 13.2 Å². The summed E-state index contributed by atoms with van der Waals surface area (Å²) in [7, 11) is 0. The first-order valence-corrected chi connectivity index (χ1v) is 7.38. The molecule has 0 aliphatic carbocycles. The van der Waals surface area contributed by atoms with Crippen LogP contribution in [-0.4, -0.2) is 35.4 Å². The Morgan fingerprint density at radius 3 is 2.20 bits per heavy atom. The molecule has 0 aromatic heterocycles. The first-order chi connectivity index (χ1) is 9.24. The average Bonchev–Trinajstić information content (AvgIpc) is 2.36. The van der Waals surface area contributed by atoms with Crippen molar-refractivity contribution in [2.45, 2.75) is 25.9 Å². The first kappa shape index (κ1) is 17.0. The Bertz CT molecular complexity index is 443. The van der Waals surface area contributed by atoms with Crippen molar-refractivity contribution in [1.29, 1.82) is 0 Å². The standard InChI is InChI=1S/C14H17BrF3NO/c1-10(2)11-3-5-12(6-4-11)13(20)19(8-7-15)9-14(16,17)18/h3-6,10H,7-9H2,1-2H3. The van der Waals surface area contributed by atoms with Crippen molar-refractivity contribution in [3.63, 3.8) is 0 Å². The third-order valence-corrected chi connectivity index (χ3v) is 3.19. The maximum absolute atomic E-state index is 12.5. The number of hydrogen-bond donors (Lipinski definition) is 0. The molecule has 0 unspecified atom stereocenters. The molecular formula is C14H17BrF3NO. The molecule has 2 nitrogen and oxygen atoms in total. The smallest absolute Gasteiger partial charge is 0.329 e. The van der Waals surface area contributed by atoms with Gasteiger partial charge < -0.3 is 4.90 Å². The quantitative estimate of drug-likeness (QED) is 0.727. The summed E-state index contributed by atoms with van der Waals surface area (Å²) in [6.07, 6.45) is -4.39. The van der Waals surface area contributed by atoms with Crippen LogP contribution in [0.5, 0.6) is 0 Å². The lowest BCUT2D eigenvalue weighted by molar-refractivity contribution is -0.140. The van der Waals surface area contributed by atoms with Gasteiger partial charge in [0.2, 0.25) is 0 Å². The minimum absolute atomic E-state index is 0.0181. The molecule has 1 rings (SSSR count). The van der Waals surface area contributed by atoms with Gasteiger partial charge in [0.1, 0.15) is 6.54 Å². The highest BCUT2D eigenvalue weighted by atomic mass is 79.9. The van der Waals surface area contributed by atoms with E-state index in [0.717, 1.165) is 10.5 Å². The number of hydrogen-bond acceptors (Lipinski definition) is 1. The molecule has 0 bridgehead atoms. The molecule has 0 aliphatic rings. The van der Waals surface area contributed by atoms with Crippen molar-refractivity contribution in [2.24, 2.45) is 0 Å². The molecule has 1 aromatic rings. The summed E-state index contributed by atoms with van der Waals surface area (Å²) >= 11 is 3.07. The fraction of sp³-hybridized carbons (Fsp3) is 0.500. The highest BCUT2D eigenvalue weighted by molar-refractivity contribution is 9.09. The van der Waals surface area contributed by atoms with Crippen LogP contribution in [0.25, 0.3) is 0 Å². The van der Waals surface area contributed by atoms with E-state index < -0.39 is 18.6 Å². The maximum Gasteiger partial charge on any atom is 0.406 e. The topological polar surface area (TPSA) is 20.3 Å². The molecule has 1 aromatic carbocycles. The predicted molar refractivity (Wildman–Crippen MR) is 76.3 cm³/mol. The molecule has 0 N–H and O–H groups in total. The summed E-state index contributed by atoms with van der Waals surface area (Å²) in [6, 6.07) is 6.71. The van der Waals surface area contributed by atoms with Crippen LogP contribution in [0.15, 0.2) is 24.3 Å². The monoisotopic (exact) mass is 351 g/mol. The second-order valence-corrected chi connectivity index (χ2v) is 5.60. The minimum atomic E-state index is -4.39. The van der Waals surface area contributed by atoms with E-state index in [4.69, 9.17) is 0 Å². The van der Waals surface area contributed by atoms with Crippen LogP contribution in [0.4, 0.5) is 13.2 Å². The lowest BCUT2D eigenvalue weighted by atomic mass is 10.0. The van der Waals surface area contributed by atoms with Gasteiger partial charge in [0.05, 0.1) is 0 Å². The van der Waals surface area contributed by atoms with E-state index >= 15 is 0 Å². The zero-order valence-electron chi connectivity index (χ0n) is 11.4. The summed E-state index contributed by atoms with van der Waals surface area (Å²) in [4.78, 5) is 12.9. The summed E-state index contributed by atoms with van der Waals surface area (Å²) in [5.74, 6) is -0.287. The Morgan fingerprint density at radius 1 is 1.25 bits per heavy atom. The van der Waals surface area contributed by atoms with E-state index in [-0.39, 0.29) is 12.1 Å². The molecule has 0 fully saturated rings. The Morgan fingerprint density at radius 2 is 1.80 bits per heavy atom. The number of nitrogens with zero attached hydrogens (tertiary/aromatic N) is 1. The molecule has 1 amide bonds. The van der Waals surface area contributed by atoms with Crippen LogP contribution >= 0.6 is 15.9 Å².